The highest BCUT2D eigenvalue weighted by Gasteiger charge is 2.19. The van der Waals surface area contributed by atoms with Crippen molar-refractivity contribution in [3.63, 3.8) is 0 Å². The zero-order chi connectivity index (χ0) is 12.7. The monoisotopic (exact) mass is 240 g/mol. The first-order valence-corrected chi connectivity index (χ1v) is 7.61. The molecular weight excluding hydrogens is 208 g/mol. The van der Waals surface area contributed by atoms with E-state index in [-0.39, 0.29) is 0 Å². The lowest BCUT2D eigenvalue weighted by molar-refractivity contribution is 0.161. The molecule has 1 saturated heterocycles. The molecule has 0 aromatic carbocycles. The van der Waals surface area contributed by atoms with Gasteiger partial charge in [-0.25, -0.2) is 0 Å². The van der Waals surface area contributed by atoms with Crippen LogP contribution in [0.25, 0.3) is 0 Å². The lowest BCUT2D eigenvalue weighted by atomic mass is 10.0. The molecule has 1 atom stereocenters. The molecule has 0 radical (unpaired) electrons. The van der Waals surface area contributed by atoms with E-state index in [0.29, 0.717) is 0 Å². The minimum atomic E-state index is 0.723. The highest BCUT2D eigenvalue weighted by molar-refractivity contribution is 4.78. The predicted octanol–water partition coefficient (Wildman–Crippen LogP) is 3.28. The molecule has 0 bridgehead atoms. The van der Waals surface area contributed by atoms with Crippen LogP contribution in [0.2, 0.25) is 0 Å². The van der Waals surface area contributed by atoms with E-state index in [4.69, 9.17) is 0 Å². The van der Waals surface area contributed by atoms with E-state index in [1.54, 1.807) is 0 Å². The summed E-state index contributed by atoms with van der Waals surface area (Å²) in [6.45, 7) is 13.0. The van der Waals surface area contributed by atoms with E-state index in [1.165, 1.54) is 51.7 Å². The van der Waals surface area contributed by atoms with Gasteiger partial charge in [0.2, 0.25) is 0 Å². The van der Waals surface area contributed by atoms with Crippen LogP contribution in [0.4, 0.5) is 0 Å². The Hall–Kier alpha value is -0.0800. The molecule has 1 aliphatic heterocycles. The maximum atomic E-state index is 3.73. The Morgan fingerprint density at radius 3 is 2.35 bits per heavy atom. The van der Waals surface area contributed by atoms with E-state index >= 15 is 0 Å². The third-order valence-electron chi connectivity index (χ3n) is 4.26. The van der Waals surface area contributed by atoms with Crippen LogP contribution in [0.1, 0.15) is 59.8 Å². The number of hydrogen-bond donors (Lipinski definition) is 1. The second-order valence-corrected chi connectivity index (χ2v) is 6.01. The van der Waals surface area contributed by atoms with Crippen LogP contribution in [0.3, 0.4) is 0 Å². The highest BCUT2D eigenvalue weighted by Crippen LogP contribution is 2.13. The fourth-order valence-corrected chi connectivity index (χ4v) is 2.58. The molecule has 0 aliphatic carbocycles. The zero-order valence-electron chi connectivity index (χ0n) is 12.3. The second-order valence-electron chi connectivity index (χ2n) is 6.01. The third kappa shape index (κ3) is 5.87. The smallest absolute Gasteiger partial charge is 0.00914 e. The van der Waals surface area contributed by atoms with Crippen molar-refractivity contribution >= 4 is 0 Å². The van der Waals surface area contributed by atoms with Crippen molar-refractivity contribution in [3.05, 3.63) is 0 Å². The van der Waals surface area contributed by atoms with Crippen LogP contribution < -0.4 is 5.32 Å². The molecule has 0 amide bonds. The second kappa shape index (κ2) is 8.10. The zero-order valence-corrected chi connectivity index (χ0v) is 12.3. The first kappa shape index (κ1) is 15.0. The first-order valence-electron chi connectivity index (χ1n) is 7.61. The van der Waals surface area contributed by atoms with Crippen molar-refractivity contribution in [1.82, 2.24) is 10.2 Å². The average molecular weight is 240 g/mol. The Labute approximate surface area is 108 Å². The van der Waals surface area contributed by atoms with E-state index in [1.807, 2.05) is 0 Å². The van der Waals surface area contributed by atoms with Gasteiger partial charge in [0, 0.05) is 12.1 Å². The minimum Gasteiger partial charge on any atom is -0.314 e. The van der Waals surface area contributed by atoms with Gasteiger partial charge >= 0.3 is 0 Å². The van der Waals surface area contributed by atoms with Gasteiger partial charge in [-0.1, -0.05) is 20.3 Å². The summed E-state index contributed by atoms with van der Waals surface area (Å²) in [5.41, 5.74) is 0. The standard InChI is InChI=1S/C15H32N2/c1-5-14(4)7-6-10-16-15-8-11-17(12-9-15)13(2)3/h13-16H,5-12H2,1-4H3. The van der Waals surface area contributed by atoms with E-state index < -0.39 is 0 Å². The quantitative estimate of drug-likeness (QED) is 0.687. The van der Waals surface area contributed by atoms with Gasteiger partial charge in [-0.15, -0.1) is 0 Å². The van der Waals surface area contributed by atoms with Gasteiger partial charge in [-0.05, 0) is 65.1 Å². The molecule has 1 unspecified atom stereocenters. The number of hydrogen-bond acceptors (Lipinski definition) is 2. The number of piperidine rings is 1. The Balaban J connectivity index is 2.02. The fourth-order valence-electron chi connectivity index (χ4n) is 2.58. The summed E-state index contributed by atoms with van der Waals surface area (Å²) in [6.07, 6.45) is 6.73. The number of nitrogens with zero attached hydrogens (tertiary/aromatic N) is 1. The van der Waals surface area contributed by atoms with Gasteiger partial charge in [0.1, 0.15) is 0 Å². The summed E-state index contributed by atoms with van der Waals surface area (Å²) in [7, 11) is 0. The molecule has 1 aliphatic rings. The number of rotatable bonds is 7. The van der Waals surface area contributed by atoms with E-state index in [9.17, 15) is 0 Å². The van der Waals surface area contributed by atoms with Crippen molar-refractivity contribution in [2.75, 3.05) is 19.6 Å². The van der Waals surface area contributed by atoms with Crippen molar-refractivity contribution in [2.45, 2.75) is 71.9 Å². The summed E-state index contributed by atoms with van der Waals surface area (Å²) < 4.78 is 0. The maximum Gasteiger partial charge on any atom is 0.00914 e. The first-order chi connectivity index (χ1) is 8.13. The van der Waals surface area contributed by atoms with Crippen LogP contribution in [0.15, 0.2) is 0 Å². The minimum absolute atomic E-state index is 0.723. The van der Waals surface area contributed by atoms with E-state index in [2.05, 4.69) is 37.9 Å². The van der Waals surface area contributed by atoms with Crippen molar-refractivity contribution in [1.29, 1.82) is 0 Å². The molecule has 0 saturated carbocycles. The lowest BCUT2D eigenvalue weighted by Gasteiger charge is -2.35. The van der Waals surface area contributed by atoms with Gasteiger partial charge in [-0.2, -0.15) is 0 Å². The maximum absolute atomic E-state index is 3.73. The number of nitrogens with one attached hydrogen (secondary N) is 1. The lowest BCUT2D eigenvalue weighted by Crippen LogP contribution is -2.45. The molecular formula is C15H32N2. The Bertz CT molecular complexity index is 183. The van der Waals surface area contributed by atoms with Crippen LogP contribution in [-0.2, 0) is 0 Å². The molecule has 1 rings (SSSR count). The van der Waals surface area contributed by atoms with Gasteiger partial charge in [0.05, 0.1) is 0 Å². The van der Waals surface area contributed by atoms with Crippen molar-refractivity contribution < 1.29 is 0 Å². The third-order valence-corrected chi connectivity index (χ3v) is 4.26. The largest absolute Gasteiger partial charge is 0.314 e. The van der Waals surface area contributed by atoms with Gasteiger partial charge < -0.3 is 10.2 Å². The van der Waals surface area contributed by atoms with Crippen molar-refractivity contribution in [3.8, 4) is 0 Å². The Morgan fingerprint density at radius 1 is 1.18 bits per heavy atom. The van der Waals surface area contributed by atoms with Crippen LogP contribution >= 0.6 is 0 Å². The molecule has 1 heterocycles. The number of likely N-dealkylation sites (tertiary alicyclic amines) is 1. The molecule has 17 heavy (non-hydrogen) atoms. The van der Waals surface area contributed by atoms with Crippen LogP contribution in [0.5, 0.6) is 0 Å². The molecule has 2 nitrogen and oxygen atoms in total. The summed E-state index contributed by atoms with van der Waals surface area (Å²) in [5.74, 6) is 0.902. The molecule has 102 valence electrons. The van der Waals surface area contributed by atoms with Gasteiger partial charge in [0.15, 0.2) is 0 Å². The Morgan fingerprint density at radius 2 is 1.82 bits per heavy atom. The van der Waals surface area contributed by atoms with Gasteiger partial charge in [-0.3, -0.25) is 0 Å². The highest BCUT2D eigenvalue weighted by atomic mass is 15.2. The summed E-state index contributed by atoms with van der Waals surface area (Å²) >= 11 is 0. The normalized spacial score (nSPS) is 21.0. The summed E-state index contributed by atoms with van der Waals surface area (Å²) in [4.78, 5) is 2.59. The summed E-state index contributed by atoms with van der Waals surface area (Å²) in [6, 6.07) is 1.50. The Kier molecular flexibility index (Phi) is 7.14. The SMILES string of the molecule is CCC(C)CCCNC1CCN(C(C)C)CC1. The molecule has 0 aromatic heterocycles. The molecule has 1 fully saturated rings. The predicted molar refractivity (Wildman–Crippen MR) is 76.4 cm³/mol. The van der Waals surface area contributed by atoms with Crippen LogP contribution in [0, 0.1) is 5.92 Å². The molecule has 0 aromatic rings. The molecule has 2 heteroatoms. The topological polar surface area (TPSA) is 15.3 Å². The fraction of sp³-hybridized carbons (Fsp3) is 1.00. The molecule has 0 spiro atoms. The van der Waals surface area contributed by atoms with E-state index in [0.717, 1.165) is 18.0 Å². The average Bonchev–Trinajstić information content (AvgIpc) is 2.34. The molecule has 1 N–H and O–H groups in total. The van der Waals surface area contributed by atoms with Crippen LogP contribution in [-0.4, -0.2) is 36.6 Å². The van der Waals surface area contributed by atoms with Gasteiger partial charge in [0.25, 0.3) is 0 Å². The van der Waals surface area contributed by atoms with Crippen molar-refractivity contribution in [2.24, 2.45) is 5.92 Å². The summed E-state index contributed by atoms with van der Waals surface area (Å²) in [5, 5.41) is 3.73.